The summed E-state index contributed by atoms with van der Waals surface area (Å²) >= 11 is 7.37. The van der Waals surface area contributed by atoms with E-state index in [0.717, 1.165) is 36.1 Å². The first-order valence-corrected chi connectivity index (χ1v) is 7.22. The number of alkyl halides is 1. The summed E-state index contributed by atoms with van der Waals surface area (Å²) in [7, 11) is 0. The second-order valence-corrected chi connectivity index (χ2v) is 4.78. The van der Waals surface area contributed by atoms with E-state index in [1.54, 1.807) is 18.1 Å². The number of nitrogens with one attached hydrogen (secondary N) is 1. The topological polar surface area (TPSA) is 37.8 Å². The number of rotatable bonds is 7. The quantitative estimate of drug-likeness (QED) is 0.463. The summed E-state index contributed by atoms with van der Waals surface area (Å²) < 4.78 is 0. The molecular formula is C11H18ClN3S. The van der Waals surface area contributed by atoms with Crippen molar-refractivity contribution in [2.45, 2.75) is 24.8 Å². The lowest BCUT2D eigenvalue weighted by molar-refractivity contribution is 0.521. The van der Waals surface area contributed by atoms with Crippen LogP contribution in [-0.4, -0.2) is 28.6 Å². The van der Waals surface area contributed by atoms with Gasteiger partial charge in [-0.1, -0.05) is 13.3 Å². The maximum atomic E-state index is 5.75. The number of hydrogen-bond acceptors (Lipinski definition) is 4. The summed E-state index contributed by atoms with van der Waals surface area (Å²) in [5, 5.41) is 4.32. The molecule has 0 saturated heterocycles. The highest BCUT2D eigenvalue weighted by molar-refractivity contribution is 7.98. The minimum Gasteiger partial charge on any atom is -0.370 e. The fraction of sp³-hybridized carbons (Fsp3) is 0.636. The summed E-state index contributed by atoms with van der Waals surface area (Å²) in [6, 6.07) is 1.97. The maximum Gasteiger partial charge on any atom is 0.130 e. The molecule has 1 atom stereocenters. The lowest BCUT2D eigenvalue weighted by Crippen LogP contribution is -2.15. The Hall–Kier alpha value is -0.480. The third-order valence-corrected chi connectivity index (χ3v) is 3.38. The number of thioether (sulfide) groups is 1. The Morgan fingerprint density at radius 3 is 2.94 bits per heavy atom. The van der Waals surface area contributed by atoms with Gasteiger partial charge in [-0.2, -0.15) is 0 Å². The van der Waals surface area contributed by atoms with Gasteiger partial charge in [0.25, 0.3) is 0 Å². The van der Waals surface area contributed by atoms with Gasteiger partial charge in [0.15, 0.2) is 0 Å². The molecule has 0 aliphatic heterocycles. The largest absolute Gasteiger partial charge is 0.370 e. The molecule has 0 aromatic carbocycles. The van der Waals surface area contributed by atoms with E-state index in [-0.39, 0.29) is 0 Å². The molecule has 90 valence electrons. The van der Waals surface area contributed by atoms with Crippen molar-refractivity contribution in [2.24, 2.45) is 5.92 Å². The van der Waals surface area contributed by atoms with Gasteiger partial charge in [0.1, 0.15) is 17.2 Å². The van der Waals surface area contributed by atoms with Crippen LogP contribution in [-0.2, 0) is 0 Å². The van der Waals surface area contributed by atoms with Crippen LogP contribution in [0.1, 0.15) is 19.8 Å². The summed E-state index contributed by atoms with van der Waals surface area (Å²) in [6.45, 7) is 3.11. The van der Waals surface area contributed by atoms with Crippen LogP contribution in [0.4, 0.5) is 5.82 Å². The van der Waals surface area contributed by atoms with E-state index in [1.807, 2.05) is 12.3 Å². The molecule has 0 bridgehead atoms. The van der Waals surface area contributed by atoms with Crippen LogP contribution < -0.4 is 5.32 Å². The molecule has 0 fully saturated rings. The van der Waals surface area contributed by atoms with Gasteiger partial charge in [0.05, 0.1) is 0 Å². The molecule has 0 spiro atoms. The van der Waals surface area contributed by atoms with Crippen molar-refractivity contribution in [3.63, 3.8) is 0 Å². The number of halogens is 1. The molecule has 1 rings (SSSR count). The first-order valence-electron chi connectivity index (χ1n) is 5.46. The Kier molecular flexibility index (Phi) is 6.57. The highest BCUT2D eigenvalue weighted by Gasteiger charge is 2.05. The predicted molar refractivity (Wildman–Crippen MR) is 71.4 cm³/mol. The van der Waals surface area contributed by atoms with E-state index in [4.69, 9.17) is 11.6 Å². The van der Waals surface area contributed by atoms with E-state index >= 15 is 0 Å². The number of nitrogens with zero attached hydrogens (tertiary/aromatic N) is 2. The van der Waals surface area contributed by atoms with Crippen molar-refractivity contribution in [1.29, 1.82) is 0 Å². The van der Waals surface area contributed by atoms with Gasteiger partial charge in [-0.15, -0.1) is 23.4 Å². The number of aromatic nitrogens is 2. The second-order valence-electron chi connectivity index (χ2n) is 3.58. The minimum atomic E-state index is 0.616. The molecule has 1 N–H and O–H groups in total. The molecule has 1 aromatic rings. The Balaban J connectivity index is 2.46. The van der Waals surface area contributed by atoms with Crippen LogP contribution in [0.25, 0.3) is 0 Å². The van der Waals surface area contributed by atoms with Gasteiger partial charge >= 0.3 is 0 Å². The Labute approximate surface area is 106 Å². The van der Waals surface area contributed by atoms with Gasteiger partial charge in [0.2, 0.25) is 0 Å². The predicted octanol–water partition coefficient (Wildman–Crippen LogP) is 3.27. The molecule has 0 aliphatic rings. The average Bonchev–Trinajstić information content (AvgIpc) is 2.34. The van der Waals surface area contributed by atoms with Crippen LogP contribution >= 0.6 is 23.4 Å². The van der Waals surface area contributed by atoms with Crippen molar-refractivity contribution in [3.8, 4) is 0 Å². The van der Waals surface area contributed by atoms with Crippen LogP contribution in [0.15, 0.2) is 17.4 Å². The molecule has 0 saturated carbocycles. The van der Waals surface area contributed by atoms with Crippen LogP contribution in [0.3, 0.4) is 0 Å². The van der Waals surface area contributed by atoms with Crippen molar-refractivity contribution >= 4 is 29.2 Å². The SMILES string of the molecule is CCC(CCCl)CNc1cc(SC)ncn1. The van der Waals surface area contributed by atoms with Gasteiger partial charge in [-0.05, 0) is 18.6 Å². The maximum absolute atomic E-state index is 5.75. The van der Waals surface area contributed by atoms with Crippen LogP contribution in [0.2, 0.25) is 0 Å². The Morgan fingerprint density at radius 1 is 1.50 bits per heavy atom. The summed E-state index contributed by atoms with van der Waals surface area (Å²) in [4.78, 5) is 8.32. The van der Waals surface area contributed by atoms with E-state index in [9.17, 15) is 0 Å². The average molecular weight is 260 g/mol. The van der Waals surface area contributed by atoms with Crippen molar-refractivity contribution < 1.29 is 0 Å². The molecule has 0 aliphatic carbocycles. The fourth-order valence-corrected chi connectivity index (χ4v) is 2.09. The number of hydrogen-bond donors (Lipinski definition) is 1. The zero-order valence-electron chi connectivity index (χ0n) is 9.74. The van der Waals surface area contributed by atoms with E-state index in [2.05, 4.69) is 22.2 Å². The van der Waals surface area contributed by atoms with Crippen molar-refractivity contribution in [3.05, 3.63) is 12.4 Å². The molecule has 16 heavy (non-hydrogen) atoms. The molecule has 1 unspecified atom stereocenters. The fourth-order valence-electron chi connectivity index (χ4n) is 1.40. The highest BCUT2D eigenvalue weighted by atomic mass is 35.5. The van der Waals surface area contributed by atoms with Gasteiger partial charge in [-0.25, -0.2) is 9.97 Å². The summed E-state index contributed by atoms with van der Waals surface area (Å²) in [6.07, 6.45) is 5.79. The van der Waals surface area contributed by atoms with E-state index in [0.29, 0.717) is 5.92 Å². The Bertz CT molecular complexity index is 309. The zero-order valence-corrected chi connectivity index (χ0v) is 11.3. The highest BCUT2D eigenvalue weighted by Crippen LogP contribution is 2.15. The molecule has 3 nitrogen and oxygen atoms in total. The smallest absolute Gasteiger partial charge is 0.130 e. The van der Waals surface area contributed by atoms with Gasteiger partial charge in [0, 0.05) is 18.5 Å². The lowest BCUT2D eigenvalue weighted by Gasteiger charge is -2.14. The van der Waals surface area contributed by atoms with Crippen LogP contribution in [0.5, 0.6) is 0 Å². The normalized spacial score (nSPS) is 12.4. The molecule has 0 amide bonds. The molecular weight excluding hydrogens is 242 g/mol. The number of anilines is 1. The lowest BCUT2D eigenvalue weighted by atomic mass is 10.0. The molecule has 5 heteroatoms. The van der Waals surface area contributed by atoms with Crippen molar-refractivity contribution in [2.75, 3.05) is 24.0 Å². The van der Waals surface area contributed by atoms with Crippen molar-refractivity contribution in [1.82, 2.24) is 9.97 Å². The molecule has 1 heterocycles. The van der Waals surface area contributed by atoms with Gasteiger partial charge < -0.3 is 5.32 Å². The first kappa shape index (κ1) is 13.6. The van der Waals surface area contributed by atoms with Gasteiger partial charge in [-0.3, -0.25) is 0 Å². The molecule has 0 radical (unpaired) electrons. The Morgan fingerprint density at radius 2 is 2.31 bits per heavy atom. The van der Waals surface area contributed by atoms with E-state index in [1.165, 1.54) is 0 Å². The zero-order chi connectivity index (χ0) is 11.8. The monoisotopic (exact) mass is 259 g/mol. The second kappa shape index (κ2) is 7.74. The van der Waals surface area contributed by atoms with E-state index < -0.39 is 0 Å². The summed E-state index contributed by atoms with van der Waals surface area (Å²) in [5.41, 5.74) is 0. The first-order chi connectivity index (χ1) is 7.80. The van der Waals surface area contributed by atoms with Crippen LogP contribution in [0, 0.1) is 5.92 Å². The third-order valence-electron chi connectivity index (χ3n) is 2.52. The third kappa shape index (κ3) is 4.58. The summed E-state index contributed by atoms with van der Waals surface area (Å²) in [5.74, 6) is 2.23. The standard InChI is InChI=1S/C11H18ClN3S/c1-3-9(4-5-12)7-13-10-6-11(16-2)15-8-14-10/h6,8-9H,3-5,7H2,1-2H3,(H,13,14,15). The minimum absolute atomic E-state index is 0.616. The molecule has 1 aromatic heterocycles.